The average Bonchev–Trinajstić information content (AvgIpc) is 2.78. The molecule has 4 heteroatoms. The summed E-state index contributed by atoms with van der Waals surface area (Å²) >= 11 is 0. The van der Waals surface area contributed by atoms with Crippen LogP contribution in [0.2, 0.25) is 0 Å². The number of ketones is 1. The SMILES string of the molecule is CC(C)n1ccnc1C(=O)[C@@H]1CCCOC1. The summed E-state index contributed by atoms with van der Waals surface area (Å²) in [6, 6.07) is 0.269. The maximum absolute atomic E-state index is 12.2. The number of carbonyl (C=O) groups excluding carboxylic acids is 1. The summed E-state index contributed by atoms with van der Waals surface area (Å²) in [7, 11) is 0. The molecule has 0 aliphatic carbocycles. The molecule has 1 fully saturated rings. The molecule has 0 spiro atoms. The lowest BCUT2D eigenvalue weighted by atomic mass is 9.97. The van der Waals surface area contributed by atoms with Gasteiger partial charge in [-0.3, -0.25) is 4.79 Å². The van der Waals surface area contributed by atoms with Crippen LogP contribution in [0.3, 0.4) is 0 Å². The summed E-state index contributed by atoms with van der Waals surface area (Å²) in [5.41, 5.74) is 0. The largest absolute Gasteiger partial charge is 0.381 e. The fourth-order valence-corrected chi connectivity index (χ4v) is 2.05. The third kappa shape index (κ3) is 2.16. The zero-order chi connectivity index (χ0) is 11.5. The van der Waals surface area contributed by atoms with E-state index in [1.54, 1.807) is 6.20 Å². The van der Waals surface area contributed by atoms with Gasteiger partial charge in [0.25, 0.3) is 0 Å². The first-order chi connectivity index (χ1) is 7.70. The predicted molar refractivity (Wildman–Crippen MR) is 60.5 cm³/mol. The molecular formula is C12H18N2O2. The van der Waals surface area contributed by atoms with Crippen molar-refractivity contribution < 1.29 is 9.53 Å². The Morgan fingerprint density at radius 2 is 2.44 bits per heavy atom. The zero-order valence-electron chi connectivity index (χ0n) is 9.85. The topological polar surface area (TPSA) is 44.1 Å². The first-order valence-corrected chi connectivity index (χ1v) is 5.85. The molecule has 16 heavy (non-hydrogen) atoms. The van der Waals surface area contributed by atoms with Gasteiger partial charge in [0.05, 0.1) is 6.61 Å². The highest BCUT2D eigenvalue weighted by molar-refractivity contribution is 5.94. The van der Waals surface area contributed by atoms with Crippen LogP contribution >= 0.6 is 0 Å². The smallest absolute Gasteiger partial charge is 0.203 e. The van der Waals surface area contributed by atoms with Crippen molar-refractivity contribution in [2.24, 2.45) is 5.92 Å². The van der Waals surface area contributed by atoms with Gasteiger partial charge in [0.15, 0.2) is 5.82 Å². The summed E-state index contributed by atoms with van der Waals surface area (Å²) < 4.78 is 7.27. The van der Waals surface area contributed by atoms with Gasteiger partial charge in [-0.25, -0.2) is 4.98 Å². The number of carbonyl (C=O) groups is 1. The van der Waals surface area contributed by atoms with Gasteiger partial charge in [-0.05, 0) is 26.7 Å². The fourth-order valence-electron chi connectivity index (χ4n) is 2.05. The second-order valence-electron chi connectivity index (χ2n) is 4.53. The zero-order valence-corrected chi connectivity index (χ0v) is 9.85. The summed E-state index contributed by atoms with van der Waals surface area (Å²) in [6.45, 7) is 5.43. The molecule has 1 atom stereocenters. The number of hydrogen-bond donors (Lipinski definition) is 0. The molecule has 1 aromatic rings. The Morgan fingerprint density at radius 3 is 3.06 bits per heavy atom. The van der Waals surface area contributed by atoms with Crippen LogP contribution in [0, 0.1) is 5.92 Å². The lowest BCUT2D eigenvalue weighted by molar-refractivity contribution is 0.0450. The predicted octanol–water partition coefficient (Wildman–Crippen LogP) is 2.07. The Hall–Kier alpha value is -1.16. The summed E-state index contributed by atoms with van der Waals surface area (Å²) in [4.78, 5) is 16.4. The molecule has 1 aromatic heterocycles. The van der Waals surface area contributed by atoms with Gasteiger partial charge in [0.1, 0.15) is 0 Å². The molecule has 0 N–H and O–H groups in total. The van der Waals surface area contributed by atoms with E-state index in [2.05, 4.69) is 18.8 Å². The monoisotopic (exact) mass is 222 g/mol. The van der Waals surface area contributed by atoms with Crippen LogP contribution in [-0.4, -0.2) is 28.5 Å². The minimum Gasteiger partial charge on any atom is -0.381 e. The fraction of sp³-hybridized carbons (Fsp3) is 0.667. The van der Waals surface area contributed by atoms with E-state index in [-0.39, 0.29) is 17.7 Å². The summed E-state index contributed by atoms with van der Waals surface area (Å²) in [5, 5.41) is 0. The molecule has 4 nitrogen and oxygen atoms in total. The van der Waals surface area contributed by atoms with Crippen LogP contribution in [0.15, 0.2) is 12.4 Å². The van der Waals surface area contributed by atoms with Gasteiger partial charge in [0, 0.05) is 31.0 Å². The molecule has 0 aromatic carbocycles. The van der Waals surface area contributed by atoms with E-state index in [4.69, 9.17) is 4.74 Å². The first kappa shape index (κ1) is 11.3. The summed E-state index contributed by atoms with van der Waals surface area (Å²) in [6.07, 6.45) is 5.45. The van der Waals surface area contributed by atoms with Crippen LogP contribution in [0.5, 0.6) is 0 Å². The average molecular weight is 222 g/mol. The third-order valence-electron chi connectivity index (χ3n) is 2.98. The number of rotatable bonds is 3. The lowest BCUT2D eigenvalue weighted by Crippen LogP contribution is -2.27. The summed E-state index contributed by atoms with van der Waals surface area (Å²) in [5.74, 6) is 0.692. The Morgan fingerprint density at radius 1 is 1.62 bits per heavy atom. The van der Waals surface area contributed by atoms with Gasteiger partial charge >= 0.3 is 0 Å². The van der Waals surface area contributed by atoms with Crippen molar-refractivity contribution in [3.05, 3.63) is 18.2 Å². The molecule has 0 saturated carbocycles. The third-order valence-corrected chi connectivity index (χ3v) is 2.98. The maximum atomic E-state index is 12.2. The molecule has 2 heterocycles. The van der Waals surface area contributed by atoms with E-state index >= 15 is 0 Å². The van der Waals surface area contributed by atoms with Gasteiger partial charge in [-0.1, -0.05) is 0 Å². The van der Waals surface area contributed by atoms with Crippen molar-refractivity contribution in [2.45, 2.75) is 32.7 Å². The highest BCUT2D eigenvalue weighted by atomic mass is 16.5. The molecule has 0 radical (unpaired) electrons. The van der Waals surface area contributed by atoms with Crippen molar-refractivity contribution in [3.63, 3.8) is 0 Å². The van der Waals surface area contributed by atoms with Crippen molar-refractivity contribution in [3.8, 4) is 0 Å². The number of aromatic nitrogens is 2. The van der Waals surface area contributed by atoms with Gasteiger partial charge in [-0.15, -0.1) is 0 Å². The lowest BCUT2D eigenvalue weighted by Gasteiger charge is -2.21. The molecular weight excluding hydrogens is 204 g/mol. The highest BCUT2D eigenvalue weighted by Gasteiger charge is 2.26. The van der Waals surface area contributed by atoms with Crippen molar-refractivity contribution in [2.75, 3.05) is 13.2 Å². The van der Waals surface area contributed by atoms with E-state index in [0.717, 1.165) is 19.4 Å². The van der Waals surface area contributed by atoms with Crippen LogP contribution in [-0.2, 0) is 4.74 Å². The van der Waals surface area contributed by atoms with E-state index in [1.165, 1.54) is 0 Å². The van der Waals surface area contributed by atoms with E-state index in [1.807, 2.05) is 10.8 Å². The highest BCUT2D eigenvalue weighted by Crippen LogP contribution is 2.19. The number of nitrogens with zero attached hydrogens (tertiary/aromatic N) is 2. The molecule has 0 bridgehead atoms. The van der Waals surface area contributed by atoms with Crippen LogP contribution in [0.4, 0.5) is 0 Å². The quantitative estimate of drug-likeness (QED) is 0.735. The van der Waals surface area contributed by atoms with Crippen molar-refractivity contribution in [1.29, 1.82) is 0 Å². The Kier molecular flexibility index (Phi) is 3.39. The second kappa shape index (κ2) is 4.78. The Labute approximate surface area is 95.6 Å². The number of ether oxygens (including phenoxy) is 1. The minimum atomic E-state index is -0.00588. The van der Waals surface area contributed by atoms with E-state index in [0.29, 0.717) is 12.4 Å². The van der Waals surface area contributed by atoms with Crippen LogP contribution in [0.1, 0.15) is 43.3 Å². The second-order valence-corrected chi connectivity index (χ2v) is 4.53. The van der Waals surface area contributed by atoms with Crippen molar-refractivity contribution in [1.82, 2.24) is 9.55 Å². The first-order valence-electron chi connectivity index (χ1n) is 5.85. The van der Waals surface area contributed by atoms with Crippen molar-refractivity contribution >= 4 is 5.78 Å². The van der Waals surface area contributed by atoms with Crippen LogP contribution < -0.4 is 0 Å². The van der Waals surface area contributed by atoms with Gasteiger partial charge in [-0.2, -0.15) is 0 Å². The van der Waals surface area contributed by atoms with E-state index < -0.39 is 0 Å². The number of imidazole rings is 1. The molecule has 88 valence electrons. The normalized spacial score (nSPS) is 21.3. The standard InChI is InChI=1S/C12H18N2O2/c1-9(2)14-6-5-13-12(14)11(15)10-4-3-7-16-8-10/h5-6,9-10H,3-4,7-8H2,1-2H3/t10-/m1/s1. The minimum absolute atomic E-state index is 0.00588. The molecule has 1 aliphatic rings. The molecule has 2 rings (SSSR count). The number of Topliss-reactive ketones (excluding diaryl/α,β-unsaturated/α-hetero) is 1. The Bertz CT molecular complexity index is 365. The van der Waals surface area contributed by atoms with Crippen LogP contribution in [0.25, 0.3) is 0 Å². The Balaban J connectivity index is 2.16. The molecule has 0 amide bonds. The number of hydrogen-bond acceptors (Lipinski definition) is 3. The molecule has 1 saturated heterocycles. The maximum Gasteiger partial charge on any atom is 0.203 e. The van der Waals surface area contributed by atoms with Gasteiger partial charge in [0.2, 0.25) is 5.78 Å². The molecule has 0 unspecified atom stereocenters. The van der Waals surface area contributed by atoms with Gasteiger partial charge < -0.3 is 9.30 Å². The van der Waals surface area contributed by atoms with E-state index in [9.17, 15) is 4.79 Å². The molecule has 1 aliphatic heterocycles.